The zero-order valence-electron chi connectivity index (χ0n) is 8.67. The number of H-pyrrole nitrogens is 1. The summed E-state index contributed by atoms with van der Waals surface area (Å²) in [6, 6.07) is 5.70. The molecule has 78 valence electrons. The van der Waals surface area contributed by atoms with E-state index >= 15 is 0 Å². The minimum absolute atomic E-state index is 0.409. The van der Waals surface area contributed by atoms with Crippen LogP contribution in [0.5, 0.6) is 0 Å². The summed E-state index contributed by atoms with van der Waals surface area (Å²) in [5.41, 5.74) is 2.87. The molecule has 0 amide bonds. The predicted octanol–water partition coefficient (Wildman–Crippen LogP) is 3.87. The van der Waals surface area contributed by atoms with Crippen LogP contribution in [0.2, 0.25) is 0 Å². The number of carbonyl (C=O) groups excluding carboxylic acids is 1. The summed E-state index contributed by atoms with van der Waals surface area (Å²) in [6.45, 7) is 4.24. The minimum atomic E-state index is 0.409. The van der Waals surface area contributed by atoms with Crippen LogP contribution < -0.4 is 0 Å². The van der Waals surface area contributed by atoms with E-state index in [0.717, 1.165) is 32.9 Å². The van der Waals surface area contributed by atoms with E-state index < -0.39 is 0 Å². The first-order valence-electron chi connectivity index (χ1n) is 4.90. The lowest BCUT2D eigenvalue weighted by Crippen LogP contribution is -1.87. The first-order chi connectivity index (χ1) is 7.15. The standard InChI is InChI=1S/C12H12BrNO/c1-7(2)12-11(13)10-8(6-15)4-3-5-9(10)14-12/h3-7,14H,1-2H3. The number of fused-ring (bicyclic) bond motifs is 1. The topological polar surface area (TPSA) is 32.9 Å². The highest BCUT2D eigenvalue weighted by Gasteiger charge is 2.13. The second-order valence-electron chi connectivity index (χ2n) is 3.90. The van der Waals surface area contributed by atoms with Crippen LogP contribution in [-0.2, 0) is 0 Å². The van der Waals surface area contributed by atoms with Crippen molar-refractivity contribution in [3.63, 3.8) is 0 Å². The Morgan fingerprint density at radius 2 is 2.13 bits per heavy atom. The molecule has 0 spiro atoms. The third kappa shape index (κ3) is 1.61. The van der Waals surface area contributed by atoms with Gasteiger partial charge in [-0.2, -0.15) is 0 Å². The molecule has 2 aromatic rings. The van der Waals surface area contributed by atoms with Crippen LogP contribution in [0.25, 0.3) is 10.9 Å². The van der Waals surface area contributed by atoms with Gasteiger partial charge in [0.2, 0.25) is 0 Å². The fourth-order valence-corrected chi connectivity index (χ4v) is 2.75. The van der Waals surface area contributed by atoms with Crippen molar-refractivity contribution in [2.24, 2.45) is 0 Å². The number of hydrogen-bond donors (Lipinski definition) is 1. The van der Waals surface area contributed by atoms with Gasteiger partial charge in [0.25, 0.3) is 0 Å². The van der Waals surface area contributed by atoms with Crippen molar-refractivity contribution in [2.75, 3.05) is 0 Å². The molecule has 2 nitrogen and oxygen atoms in total. The molecule has 0 saturated heterocycles. The Kier molecular flexibility index (Phi) is 2.65. The fourth-order valence-electron chi connectivity index (χ4n) is 1.75. The number of carbonyl (C=O) groups is 1. The van der Waals surface area contributed by atoms with Gasteiger partial charge in [-0.15, -0.1) is 0 Å². The Hall–Kier alpha value is -1.09. The van der Waals surface area contributed by atoms with Crippen molar-refractivity contribution >= 4 is 33.1 Å². The van der Waals surface area contributed by atoms with Gasteiger partial charge in [0, 0.05) is 26.6 Å². The zero-order valence-corrected chi connectivity index (χ0v) is 10.3. The van der Waals surface area contributed by atoms with Crippen LogP contribution in [-0.4, -0.2) is 11.3 Å². The summed E-state index contributed by atoms with van der Waals surface area (Å²) < 4.78 is 1.01. The molecule has 0 radical (unpaired) electrons. The van der Waals surface area contributed by atoms with E-state index in [1.54, 1.807) is 0 Å². The molecule has 1 N–H and O–H groups in total. The number of aromatic nitrogens is 1. The maximum atomic E-state index is 10.9. The first-order valence-corrected chi connectivity index (χ1v) is 5.69. The molecule has 0 aliphatic carbocycles. The van der Waals surface area contributed by atoms with Crippen molar-refractivity contribution in [3.8, 4) is 0 Å². The van der Waals surface area contributed by atoms with E-state index in [4.69, 9.17) is 0 Å². The van der Waals surface area contributed by atoms with Crippen LogP contribution in [0.15, 0.2) is 22.7 Å². The molecule has 0 aliphatic rings. The first kappa shape index (κ1) is 10.4. The number of hydrogen-bond acceptors (Lipinski definition) is 1. The Labute approximate surface area is 96.8 Å². The maximum absolute atomic E-state index is 10.9. The van der Waals surface area contributed by atoms with E-state index in [1.165, 1.54) is 0 Å². The van der Waals surface area contributed by atoms with Crippen molar-refractivity contribution in [1.82, 2.24) is 4.98 Å². The van der Waals surface area contributed by atoms with Crippen LogP contribution >= 0.6 is 15.9 Å². The van der Waals surface area contributed by atoms with E-state index in [1.807, 2.05) is 18.2 Å². The summed E-state index contributed by atoms with van der Waals surface area (Å²) in [6.07, 6.45) is 0.894. The third-order valence-electron chi connectivity index (χ3n) is 2.53. The fraction of sp³-hybridized carbons (Fsp3) is 0.250. The smallest absolute Gasteiger partial charge is 0.150 e. The van der Waals surface area contributed by atoms with Crippen molar-refractivity contribution in [2.45, 2.75) is 19.8 Å². The molecular weight excluding hydrogens is 254 g/mol. The van der Waals surface area contributed by atoms with Crippen LogP contribution in [0.4, 0.5) is 0 Å². The SMILES string of the molecule is CC(C)c1[nH]c2cccc(C=O)c2c1Br. The zero-order chi connectivity index (χ0) is 11.0. The number of aromatic amines is 1. The van der Waals surface area contributed by atoms with E-state index in [0.29, 0.717) is 5.92 Å². The quantitative estimate of drug-likeness (QED) is 0.822. The summed E-state index contributed by atoms with van der Waals surface area (Å²) in [4.78, 5) is 14.2. The Morgan fingerprint density at radius 1 is 1.40 bits per heavy atom. The lowest BCUT2D eigenvalue weighted by atomic mass is 10.1. The molecule has 0 bridgehead atoms. The molecule has 0 saturated carbocycles. The summed E-state index contributed by atoms with van der Waals surface area (Å²) in [5, 5.41) is 0.983. The highest BCUT2D eigenvalue weighted by molar-refractivity contribution is 9.10. The highest BCUT2D eigenvalue weighted by Crippen LogP contribution is 2.33. The average Bonchev–Trinajstić information content (AvgIpc) is 2.56. The van der Waals surface area contributed by atoms with Gasteiger partial charge >= 0.3 is 0 Å². The lowest BCUT2D eigenvalue weighted by molar-refractivity contribution is 0.112. The van der Waals surface area contributed by atoms with Gasteiger partial charge in [-0.3, -0.25) is 4.79 Å². The molecule has 1 aromatic carbocycles. The average molecular weight is 266 g/mol. The molecule has 0 fully saturated rings. The minimum Gasteiger partial charge on any atom is -0.357 e. The third-order valence-corrected chi connectivity index (χ3v) is 3.35. The summed E-state index contributed by atoms with van der Waals surface area (Å²) >= 11 is 3.55. The van der Waals surface area contributed by atoms with Gasteiger partial charge < -0.3 is 4.98 Å². The largest absolute Gasteiger partial charge is 0.357 e. The molecule has 0 unspecified atom stereocenters. The summed E-state index contributed by atoms with van der Waals surface area (Å²) in [7, 11) is 0. The van der Waals surface area contributed by atoms with E-state index in [2.05, 4.69) is 34.8 Å². The number of halogens is 1. The van der Waals surface area contributed by atoms with Crippen molar-refractivity contribution < 1.29 is 4.79 Å². The van der Waals surface area contributed by atoms with Gasteiger partial charge in [-0.25, -0.2) is 0 Å². The number of aldehydes is 1. The van der Waals surface area contributed by atoms with E-state index in [-0.39, 0.29) is 0 Å². The molecule has 2 rings (SSSR count). The molecule has 1 aromatic heterocycles. The molecule has 3 heteroatoms. The Morgan fingerprint density at radius 3 is 2.73 bits per heavy atom. The van der Waals surface area contributed by atoms with Gasteiger partial charge in [0.1, 0.15) is 0 Å². The highest BCUT2D eigenvalue weighted by atomic mass is 79.9. The predicted molar refractivity (Wildman–Crippen MR) is 65.5 cm³/mol. The second kappa shape index (κ2) is 3.81. The van der Waals surface area contributed by atoms with Gasteiger partial charge in [-0.1, -0.05) is 26.0 Å². The second-order valence-corrected chi connectivity index (χ2v) is 4.69. The molecule has 1 heterocycles. The summed E-state index contributed by atoms with van der Waals surface area (Å²) in [5.74, 6) is 0.409. The molecule has 15 heavy (non-hydrogen) atoms. The van der Waals surface area contributed by atoms with E-state index in [9.17, 15) is 4.79 Å². The maximum Gasteiger partial charge on any atom is 0.150 e. The number of benzene rings is 1. The van der Waals surface area contributed by atoms with Crippen LogP contribution in [0.1, 0.15) is 35.8 Å². The molecule has 0 aliphatic heterocycles. The van der Waals surface area contributed by atoms with Crippen molar-refractivity contribution in [1.29, 1.82) is 0 Å². The molecule has 0 atom stereocenters. The van der Waals surface area contributed by atoms with Gasteiger partial charge in [0.15, 0.2) is 6.29 Å². The monoisotopic (exact) mass is 265 g/mol. The van der Waals surface area contributed by atoms with Crippen LogP contribution in [0.3, 0.4) is 0 Å². The Bertz CT molecular complexity index is 514. The van der Waals surface area contributed by atoms with Crippen molar-refractivity contribution in [3.05, 3.63) is 33.9 Å². The number of rotatable bonds is 2. The van der Waals surface area contributed by atoms with Crippen LogP contribution in [0, 0.1) is 0 Å². The Balaban J connectivity index is 2.82. The number of nitrogens with one attached hydrogen (secondary N) is 1. The normalized spacial score (nSPS) is 11.2. The lowest BCUT2D eigenvalue weighted by Gasteiger charge is -2.01. The van der Waals surface area contributed by atoms with Gasteiger partial charge in [-0.05, 0) is 27.9 Å². The molecular formula is C12H12BrNO. The van der Waals surface area contributed by atoms with Gasteiger partial charge in [0.05, 0.1) is 0 Å².